The van der Waals surface area contributed by atoms with E-state index in [1.807, 2.05) is 0 Å². The van der Waals surface area contributed by atoms with E-state index in [4.69, 9.17) is 14.2 Å². The van der Waals surface area contributed by atoms with Crippen molar-refractivity contribution in [2.45, 2.75) is 174 Å². The van der Waals surface area contributed by atoms with E-state index in [2.05, 4.69) is 38.2 Å². The van der Waals surface area contributed by atoms with Crippen LogP contribution in [0, 0.1) is 0 Å². The van der Waals surface area contributed by atoms with Crippen molar-refractivity contribution in [2.24, 2.45) is 0 Å². The Morgan fingerprint density at radius 1 is 0.604 bits per heavy atom. The summed E-state index contributed by atoms with van der Waals surface area (Å²) in [7, 11) is 5.39. The van der Waals surface area contributed by atoms with E-state index in [1.54, 1.807) is 21.1 Å². The number of hydrogen-bond donors (Lipinski definition) is 0. The van der Waals surface area contributed by atoms with Crippen LogP contribution in [-0.2, 0) is 28.6 Å². The molecule has 0 aliphatic carbocycles. The lowest BCUT2D eigenvalue weighted by Crippen LogP contribution is -2.55. The van der Waals surface area contributed by atoms with E-state index in [1.165, 1.54) is 64.2 Å². The summed E-state index contributed by atoms with van der Waals surface area (Å²) in [6.45, 7) is 4.58. The van der Waals surface area contributed by atoms with Crippen LogP contribution in [0.4, 0.5) is 0 Å². The first kappa shape index (κ1) is 45.8. The Hall–Kier alpha value is -2.19. The van der Waals surface area contributed by atoms with Gasteiger partial charge in [0, 0.05) is 19.3 Å². The molecule has 0 aromatic rings. The van der Waals surface area contributed by atoms with Gasteiger partial charge in [-0.05, 0) is 64.2 Å². The quantitative estimate of drug-likeness (QED) is 0.0291. The first-order valence-electron chi connectivity index (χ1n) is 19.4. The van der Waals surface area contributed by atoms with Crippen molar-refractivity contribution >= 4 is 17.9 Å². The van der Waals surface area contributed by atoms with E-state index in [9.17, 15) is 19.5 Å². The van der Waals surface area contributed by atoms with E-state index in [0.29, 0.717) is 12.8 Å². The van der Waals surface area contributed by atoms with Gasteiger partial charge in [0.2, 0.25) is 0 Å². The molecule has 0 heterocycles. The Bertz CT molecular complexity index is 849. The fourth-order valence-electron chi connectivity index (χ4n) is 5.47. The highest BCUT2D eigenvalue weighted by Gasteiger charge is 2.25. The van der Waals surface area contributed by atoms with Crippen LogP contribution in [0.15, 0.2) is 24.3 Å². The second-order valence-electron chi connectivity index (χ2n) is 14.2. The number of esters is 2. The van der Waals surface area contributed by atoms with Crippen molar-refractivity contribution in [3.63, 3.8) is 0 Å². The van der Waals surface area contributed by atoms with Crippen molar-refractivity contribution in [3.05, 3.63) is 24.3 Å². The van der Waals surface area contributed by atoms with Gasteiger partial charge in [-0.25, -0.2) is 0 Å². The minimum atomic E-state index is -1.13. The third kappa shape index (κ3) is 29.9. The summed E-state index contributed by atoms with van der Waals surface area (Å²) in [6, 6.07) is -0.724. The molecule has 0 N–H and O–H groups in total. The summed E-state index contributed by atoms with van der Waals surface area (Å²) >= 11 is 0. The Labute approximate surface area is 294 Å². The fraction of sp³-hybridized carbons (Fsp3) is 0.825. The number of ether oxygens (including phenoxy) is 3. The van der Waals surface area contributed by atoms with Crippen molar-refractivity contribution in [1.29, 1.82) is 0 Å². The molecule has 0 saturated carbocycles. The van der Waals surface area contributed by atoms with Gasteiger partial charge in [-0.1, -0.05) is 102 Å². The molecule has 0 aliphatic heterocycles. The van der Waals surface area contributed by atoms with E-state index in [-0.39, 0.29) is 42.7 Å². The van der Waals surface area contributed by atoms with E-state index in [0.717, 1.165) is 64.2 Å². The van der Waals surface area contributed by atoms with Crippen LogP contribution in [0.25, 0.3) is 0 Å². The molecule has 0 amide bonds. The van der Waals surface area contributed by atoms with Gasteiger partial charge in [-0.2, -0.15) is 0 Å². The van der Waals surface area contributed by atoms with Crippen LogP contribution in [0.5, 0.6) is 0 Å². The molecule has 0 aromatic heterocycles. The lowest BCUT2D eigenvalue weighted by atomic mass is 10.1. The Morgan fingerprint density at radius 3 is 1.50 bits per heavy atom. The molecule has 0 fully saturated rings. The molecular weight excluding hydrogens is 606 g/mol. The number of aliphatic carboxylic acids is 1. The number of rotatable bonds is 34. The predicted molar refractivity (Wildman–Crippen MR) is 194 cm³/mol. The Kier molecular flexibility index (Phi) is 30.6. The molecule has 48 heavy (non-hydrogen) atoms. The first-order valence-corrected chi connectivity index (χ1v) is 19.4. The summed E-state index contributed by atoms with van der Waals surface area (Å²) in [5.41, 5.74) is 0. The predicted octanol–water partition coefficient (Wildman–Crippen LogP) is 8.41. The normalized spacial score (nSPS) is 13.3. The standard InChI is InChI=1S/C40H73NO7/c1-6-8-10-12-14-16-18-20-22-24-26-28-30-38(42)47-35-36(34-46-33-32-37(40(44)45)41(3,4)5)48-39(43)31-29-27-25-23-21-19-17-15-13-11-9-7-2/h14-17,36-37H,6-13,18-35H2,1-5H3/b16-14+,17-15+. The number of carbonyl (C=O) groups excluding carboxylic acids is 3. The maximum absolute atomic E-state index is 12.6. The first-order chi connectivity index (χ1) is 23.1. The zero-order valence-electron chi connectivity index (χ0n) is 31.7. The number of unbranched alkanes of at least 4 members (excludes halogenated alkanes) is 16. The molecule has 0 saturated heterocycles. The van der Waals surface area contributed by atoms with Gasteiger partial charge in [0.15, 0.2) is 6.10 Å². The maximum atomic E-state index is 12.6. The van der Waals surface area contributed by atoms with Crippen molar-refractivity contribution in [1.82, 2.24) is 0 Å². The number of hydrogen-bond acceptors (Lipinski definition) is 7. The fourth-order valence-corrected chi connectivity index (χ4v) is 5.47. The lowest BCUT2D eigenvalue weighted by Gasteiger charge is -2.34. The van der Waals surface area contributed by atoms with E-state index >= 15 is 0 Å². The minimum absolute atomic E-state index is 0.0366. The second kappa shape index (κ2) is 32.0. The Balaban J connectivity index is 4.45. The van der Waals surface area contributed by atoms with Crippen LogP contribution in [0.3, 0.4) is 0 Å². The zero-order chi connectivity index (χ0) is 35.7. The average molecular weight is 680 g/mol. The number of allylic oxidation sites excluding steroid dienone is 4. The maximum Gasteiger partial charge on any atom is 0.306 e. The largest absolute Gasteiger partial charge is 0.544 e. The highest BCUT2D eigenvalue weighted by molar-refractivity contribution is 5.70. The molecule has 280 valence electrons. The molecule has 0 aliphatic rings. The number of nitrogens with zero attached hydrogens (tertiary/aromatic N) is 1. The van der Waals surface area contributed by atoms with Gasteiger partial charge < -0.3 is 28.6 Å². The van der Waals surface area contributed by atoms with Gasteiger partial charge in [0.05, 0.1) is 40.3 Å². The summed E-state index contributed by atoms with van der Waals surface area (Å²) < 4.78 is 17.1. The second-order valence-corrected chi connectivity index (χ2v) is 14.2. The molecule has 0 bridgehead atoms. The van der Waals surface area contributed by atoms with Gasteiger partial charge in [0.25, 0.3) is 0 Å². The van der Waals surface area contributed by atoms with Crippen molar-refractivity contribution in [2.75, 3.05) is 41.0 Å². The molecule has 0 aromatic carbocycles. The van der Waals surface area contributed by atoms with Crippen molar-refractivity contribution < 1.29 is 38.2 Å². The van der Waals surface area contributed by atoms with Gasteiger partial charge in [0.1, 0.15) is 12.6 Å². The highest BCUT2D eigenvalue weighted by atomic mass is 16.6. The van der Waals surface area contributed by atoms with Crippen LogP contribution in [0.2, 0.25) is 0 Å². The molecule has 2 unspecified atom stereocenters. The molecule has 8 heteroatoms. The molecule has 2 atom stereocenters. The summed E-state index contributed by atoms with van der Waals surface area (Å²) in [4.78, 5) is 36.6. The number of likely N-dealkylation sites (N-methyl/N-ethyl adjacent to an activating group) is 1. The SMILES string of the molecule is CCCCC/C=C/CCCCCCCC(=O)OCC(COCCC(C(=O)[O-])[N+](C)(C)C)OC(=O)CCCCCCC/C=C/CCCCC. The van der Waals surface area contributed by atoms with Crippen LogP contribution < -0.4 is 5.11 Å². The molecule has 0 rings (SSSR count). The molecule has 8 nitrogen and oxygen atoms in total. The van der Waals surface area contributed by atoms with Gasteiger partial charge >= 0.3 is 11.9 Å². The summed E-state index contributed by atoms with van der Waals surface area (Å²) in [6.07, 6.45) is 31.9. The van der Waals surface area contributed by atoms with Crippen LogP contribution in [0.1, 0.15) is 162 Å². The number of quaternary nitrogens is 1. The topological polar surface area (TPSA) is 102 Å². The smallest absolute Gasteiger partial charge is 0.306 e. The van der Waals surface area contributed by atoms with Crippen LogP contribution >= 0.6 is 0 Å². The van der Waals surface area contributed by atoms with Crippen molar-refractivity contribution in [3.8, 4) is 0 Å². The minimum Gasteiger partial charge on any atom is -0.544 e. The number of carboxylic acid groups (broad SMARTS) is 1. The summed E-state index contributed by atoms with van der Waals surface area (Å²) in [5.74, 6) is -1.76. The average Bonchev–Trinajstić information content (AvgIpc) is 3.03. The molecular formula is C40H73NO7. The summed E-state index contributed by atoms with van der Waals surface area (Å²) in [5, 5.41) is 11.6. The van der Waals surface area contributed by atoms with Crippen LogP contribution in [-0.4, -0.2) is 75.5 Å². The zero-order valence-corrected chi connectivity index (χ0v) is 31.7. The van der Waals surface area contributed by atoms with Gasteiger partial charge in [-0.15, -0.1) is 0 Å². The third-order valence-electron chi connectivity index (χ3n) is 8.56. The number of carboxylic acids is 1. The monoisotopic (exact) mass is 680 g/mol. The highest BCUT2D eigenvalue weighted by Crippen LogP contribution is 2.13. The Morgan fingerprint density at radius 2 is 1.04 bits per heavy atom. The lowest BCUT2D eigenvalue weighted by molar-refractivity contribution is -0.889. The third-order valence-corrected chi connectivity index (χ3v) is 8.56. The molecule has 0 spiro atoms. The number of carbonyl (C=O) groups is 3. The van der Waals surface area contributed by atoms with Gasteiger partial charge in [-0.3, -0.25) is 9.59 Å². The molecule has 0 radical (unpaired) electrons. The van der Waals surface area contributed by atoms with E-state index < -0.39 is 18.1 Å².